The van der Waals surface area contributed by atoms with Gasteiger partial charge in [0.1, 0.15) is 11.4 Å². The number of halogens is 2. The van der Waals surface area contributed by atoms with Crippen LogP contribution in [0.3, 0.4) is 0 Å². The Labute approximate surface area is 180 Å². The average molecular weight is 470 g/mol. The van der Waals surface area contributed by atoms with E-state index in [2.05, 4.69) is 21.2 Å². The predicted molar refractivity (Wildman–Crippen MR) is 110 cm³/mol. The first kappa shape index (κ1) is 18.2. The summed E-state index contributed by atoms with van der Waals surface area (Å²) in [6, 6.07) is 10.9. The largest absolute Gasteiger partial charge is 0.324 e. The molecule has 2 aromatic rings. The van der Waals surface area contributed by atoms with Gasteiger partial charge >= 0.3 is 0 Å². The fourth-order valence-electron chi connectivity index (χ4n) is 6.02. The number of anilines is 2. The molecule has 0 bridgehead atoms. The van der Waals surface area contributed by atoms with Crippen LogP contribution in [-0.2, 0) is 19.9 Å². The first-order chi connectivity index (χ1) is 14.4. The lowest BCUT2D eigenvalue weighted by molar-refractivity contribution is -0.135. The SMILES string of the molecule is O=C1[C@H]2[C@@H](C(=O)N1c1ccc(Br)cc1)[C@@]1(C(=O)Nc3ccc(F)cc31)N1CCC[C@@H]21. The lowest BCUT2D eigenvalue weighted by Crippen LogP contribution is -2.54. The third kappa shape index (κ3) is 2.03. The van der Waals surface area contributed by atoms with Crippen LogP contribution >= 0.6 is 15.9 Å². The summed E-state index contributed by atoms with van der Waals surface area (Å²) < 4.78 is 15.1. The Morgan fingerprint density at radius 1 is 1.07 bits per heavy atom. The van der Waals surface area contributed by atoms with Crippen molar-refractivity contribution in [3.63, 3.8) is 0 Å². The third-order valence-electron chi connectivity index (χ3n) is 7.04. The fourth-order valence-corrected chi connectivity index (χ4v) is 6.28. The average Bonchev–Trinajstić information content (AvgIpc) is 3.42. The number of hydrogen-bond donors (Lipinski definition) is 1. The Kier molecular flexibility index (Phi) is 3.63. The summed E-state index contributed by atoms with van der Waals surface area (Å²) in [5, 5.41) is 2.84. The van der Waals surface area contributed by atoms with Crippen molar-refractivity contribution in [1.29, 1.82) is 0 Å². The van der Waals surface area contributed by atoms with Gasteiger partial charge in [-0.25, -0.2) is 9.29 Å². The molecule has 0 unspecified atom stereocenters. The number of carbonyl (C=O) groups excluding carboxylic acids is 3. The minimum atomic E-state index is -1.35. The Balaban J connectivity index is 1.56. The second-order valence-corrected chi connectivity index (χ2v) is 9.22. The van der Waals surface area contributed by atoms with E-state index >= 15 is 0 Å². The van der Waals surface area contributed by atoms with Gasteiger partial charge in [-0.3, -0.25) is 19.3 Å². The lowest BCUT2D eigenvalue weighted by atomic mass is 9.75. The first-order valence-electron chi connectivity index (χ1n) is 9.96. The van der Waals surface area contributed by atoms with E-state index in [1.165, 1.54) is 23.1 Å². The minimum Gasteiger partial charge on any atom is -0.324 e. The number of amides is 3. The third-order valence-corrected chi connectivity index (χ3v) is 7.57. The normalized spacial score (nSPS) is 32.0. The van der Waals surface area contributed by atoms with Crippen LogP contribution in [0.5, 0.6) is 0 Å². The molecule has 3 saturated heterocycles. The van der Waals surface area contributed by atoms with Gasteiger partial charge in [0.25, 0.3) is 0 Å². The number of imide groups is 1. The molecule has 1 spiro atoms. The summed E-state index contributed by atoms with van der Waals surface area (Å²) in [5.74, 6) is -2.98. The van der Waals surface area contributed by atoms with Gasteiger partial charge in [-0.05, 0) is 61.9 Å². The molecule has 2 aromatic carbocycles. The first-order valence-corrected chi connectivity index (χ1v) is 10.8. The summed E-state index contributed by atoms with van der Waals surface area (Å²) >= 11 is 3.37. The van der Waals surface area contributed by atoms with Crippen molar-refractivity contribution in [2.45, 2.75) is 24.4 Å². The standard InChI is InChI=1S/C22H17BrFN3O3/c23-11-3-6-13(7-4-11)27-19(28)17-16-2-1-9-26(16)22(18(17)20(27)29)14-10-12(24)5-8-15(14)25-21(22)30/h3-8,10,16-18H,1-2,9H2,(H,25,30)/t16-,17+,18-,22-/m0/s1. The summed E-state index contributed by atoms with van der Waals surface area (Å²) in [4.78, 5) is 43.8. The number of nitrogens with zero attached hydrogens (tertiary/aromatic N) is 2. The number of carbonyl (C=O) groups is 3. The Hall–Kier alpha value is -2.58. The van der Waals surface area contributed by atoms with E-state index in [1.807, 2.05) is 4.90 Å². The predicted octanol–water partition coefficient (Wildman–Crippen LogP) is 3.02. The molecule has 0 saturated carbocycles. The maximum absolute atomic E-state index is 14.2. The van der Waals surface area contributed by atoms with Crippen LogP contribution in [0.2, 0.25) is 0 Å². The molecule has 152 valence electrons. The van der Waals surface area contributed by atoms with Gasteiger partial charge in [0, 0.05) is 21.8 Å². The summed E-state index contributed by atoms with van der Waals surface area (Å²) in [7, 11) is 0. The Morgan fingerprint density at radius 3 is 2.60 bits per heavy atom. The maximum Gasteiger partial charge on any atom is 0.250 e. The molecule has 3 amide bonds. The van der Waals surface area contributed by atoms with Gasteiger partial charge in [-0.15, -0.1) is 0 Å². The van der Waals surface area contributed by atoms with Crippen molar-refractivity contribution in [1.82, 2.24) is 4.90 Å². The van der Waals surface area contributed by atoms with Crippen LogP contribution < -0.4 is 10.2 Å². The molecule has 3 fully saturated rings. The zero-order chi connectivity index (χ0) is 20.8. The van der Waals surface area contributed by atoms with Gasteiger partial charge in [-0.1, -0.05) is 15.9 Å². The van der Waals surface area contributed by atoms with Gasteiger partial charge in [-0.2, -0.15) is 0 Å². The van der Waals surface area contributed by atoms with Crippen LogP contribution in [0, 0.1) is 17.7 Å². The van der Waals surface area contributed by atoms with Crippen LogP contribution in [-0.4, -0.2) is 35.2 Å². The Bertz CT molecular complexity index is 1140. The highest BCUT2D eigenvalue weighted by molar-refractivity contribution is 9.10. The fraction of sp³-hybridized carbons (Fsp3) is 0.318. The van der Waals surface area contributed by atoms with Crippen molar-refractivity contribution in [3.8, 4) is 0 Å². The second kappa shape index (κ2) is 5.98. The van der Waals surface area contributed by atoms with Gasteiger partial charge < -0.3 is 5.32 Å². The highest BCUT2D eigenvalue weighted by Crippen LogP contribution is 2.60. The zero-order valence-corrected chi connectivity index (χ0v) is 17.4. The minimum absolute atomic E-state index is 0.216. The molecule has 4 aliphatic rings. The maximum atomic E-state index is 14.2. The highest BCUT2D eigenvalue weighted by Gasteiger charge is 2.74. The zero-order valence-electron chi connectivity index (χ0n) is 15.8. The molecule has 6 rings (SSSR count). The van der Waals surface area contributed by atoms with Gasteiger partial charge in [0.2, 0.25) is 17.7 Å². The van der Waals surface area contributed by atoms with Crippen LogP contribution in [0.1, 0.15) is 18.4 Å². The second-order valence-electron chi connectivity index (χ2n) is 8.31. The van der Waals surface area contributed by atoms with Crippen molar-refractivity contribution in [2.24, 2.45) is 11.8 Å². The quantitative estimate of drug-likeness (QED) is 0.651. The van der Waals surface area contributed by atoms with E-state index in [-0.39, 0.29) is 17.9 Å². The molecular formula is C22H17BrFN3O3. The van der Waals surface area contributed by atoms with Crippen LogP contribution in [0.25, 0.3) is 0 Å². The van der Waals surface area contributed by atoms with Crippen LogP contribution in [0.4, 0.5) is 15.8 Å². The van der Waals surface area contributed by atoms with Crippen molar-refractivity contribution in [2.75, 3.05) is 16.8 Å². The van der Waals surface area contributed by atoms with E-state index in [4.69, 9.17) is 0 Å². The van der Waals surface area contributed by atoms with Crippen molar-refractivity contribution >= 4 is 45.0 Å². The number of fused-ring (bicyclic) bond motifs is 7. The molecule has 8 heteroatoms. The number of rotatable bonds is 1. The molecule has 0 radical (unpaired) electrons. The van der Waals surface area contributed by atoms with E-state index in [0.717, 1.165) is 17.3 Å². The molecule has 30 heavy (non-hydrogen) atoms. The lowest BCUT2D eigenvalue weighted by Gasteiger charge is -2.36. The molecule has 4 heterocycles. The van der Waals surface area contributed by atoms with E-state index < -0.39 is 29.1 Å². The highest BCUT2D eigenvalue weighted by atomic mass is 79.9. The van der Waals surface area contributed by atoms with E-state index in [9.17, 15) is 18.8 Å². The van der Waals surface area contributed by atoms with Crippen molar-refractivity contribution in [3.05, 3.63) is 58.3 Å². The molecule has 0 aromatic heterocycles. The topological polar surface area (TPSA) is 69.7 Å². The van der Waals surface area contributed by atoms with Gasteiger partial charge in [0.15, 0.2) is 0 Å². The molecule has 4 atom stereocenters. The molecule has 0 aliphatic carbocycles. The number of nitrogens with one attached hydrogen (secondary N) is 1. The van der Waals surface area contributed by atoms with Crippen molar-refractivity contribution < 1.29 is 18.8 Å². The molecular weight excluding hydrogens is 453 g/mol. The number of hydrogen-bond acceptors (Lipinski definition) is 4. The monoisotopic (exact) mass is 469 g/mol. The summed E-state index contributed by atoms with van der Waals surface area (Å²) in [6.45, 7) is 0.597. The van der Waals surface area contributed by atoms with Crippen LogP contribution in [0.15, 0.2) is 46.9 Å². The van der Waals surface area contributed by atoms with E-state index in [1.54, 1.807) is 24.3 Å². The van der Waals surface area contributed by atoms with E-state index in [0.29, 0.717) is 23.5 Å². The summed E-state index contributed by atoms with van der Waals surface area (Å²) in [5.41, 5.74) is 0.112. The smallest absolute Gasteiger partial charge is 0.250 e. The molecule has 4 aliphatic heterocycles. The molecule has 1 N–H and O–H groups in total. The molecule has 6 nitrogen and oxygen atoms in total. The number of benzene rings is 2. The summed E-state index contributed by atoms with van der Waals surface area (Å²) in [6.07, 6.45) is 1.56. The Morgan fingerprint density at radius 2 is 1.83 bits per heavy atom. The van der Waals surface area contributed by atoms with Gasteiger partial charge in [0.05, 0.1) is 17.5 Å².